The van der Waals surface area contributed by atoms with E-state index < -0.39 is 132 Å². The van der Waals surface area contributed by atoms with Gasteiger partial charge in [-0.15, -0.1) is 0 Å². The van der Waals surface area contributed by atoms with Gasteiger partial charge in [0, 0.05) is 12.2 Å². The third kappa shape index (κ3) is 9.30. The molecule has 3 unspecified atom stereocenters. The van der Waals surface area contributed by atoms with Crippen LogP contribution in [0.25, 0.3) is 0 Å². The van der Waals surface area contributed by atoms with Crippen molar-refractivity contribution in [2.24, 2.45) is 5.92 Å². The lowest BCUT2D eigenvalue weighted by Gasteiger charge is -2.44. The fourth-order valence-corrected chi connectivity index (χ4v) is 3.82. The minimum Gasteiger partial charge on any atom is -0.459 e. The summed E-state index contributed by atoms with van der Waals surface area (Å²) in [5.74, 6) is -122. The fraction of sp³-hybridized carbons (Fsp3) is 0.786. The van der Waals surface area contributed by atoms with Crippen LogP contribution >= 0.6 is 0 Å². The zero-order valence-electron chi connectivity index (χ0n) is 30.8. The zero-order valence-corrected chi connectivity index (χ0v) is 30.8. The molecule has 0 aromatic rings. The van der Waals surface area contributed by atoms with E-state index in [1.807, 2.05) is 0 Å². The summed E-state index contributed by atoms with van der Waals surface area (Å²) in [6, 6.07) is 0. The Bertz CT molecular complexity index is 1740. The van der Waals surface area contributed by atoms with Gasteiger partial charge in [0.1, 0.15) is 6.10 Å². The molecule has 0 aromatic carbocycles. The van der Waals surface area contributed by atoms with Crippen molar-refractivity contribution in [1.29, 1.82) is 0 Å². The molecule has 0 saturated carbocycles. The lowest BCUT2D eigenvalue weighted by Crippen LogP contribution is -2.75. The highest BCUT2D eigenvalue weighted by Crippen LogP contribution is 2.66. The van der Waals surface area contributed by atoms with Gasteiger partial charge in [0.15, 0.2) is 6.10 Å². The van der Waals surface area contributed by atoms with Gasteiger partial charge in [-0.1, -0.05) is 20.1 Å². The molecular weight excluding hydrogens is 1050 g/mol. The van der Waals surface area contributed by atoms with Gasteiger partial charge < -0.3 is 9.47 Å². The normalized spacial score (nSPS) is 16.9. The molecule has 0 spiro atoms. The third-order valence-electron chi connectivity index (χ3n) is 8.21. The van der Waals surface area contributed by atoms with E-state index in [0.717, 1.165) is 0 Å². The van der Waals surface area contributed by atoms with E-state index in [1.54, 1.807) is 0 Å². The van der Waals surface area contributed by atoms with Crippen LogP contribution in [-0.4, -0.2) is 119 Å². The molecule has 38 heteroatoms. The second-order valence-electron chi connectivity index (χ2n) is 12.6. The number of halogens is 34. The first-order chi connectivity index (χ1) is 28.2. The summed E-state index contributed by atoms with van der Waals surface area (Å²) in [6.45, 7) is 4.94. The molecule has 0 fully saturated rings. The molecular formula is C28H18F34O4. The monoisotopic (exact) mass is 1060 g/mol. The molecule has 0 bridgehead atoms. The van der Waals surface area contributed by atoms with Gasteiger partial charge in [-0.25, -0.2) is 9.59 Å². The van der Waals surface area contributed by atoms with Gasteiger partial charge in [0.05, 0.1) is 5.92 Å². The Morgan fingerprint density at radius 1 is 0.333 bits per heavy atom. The van der Waals surface area contributed by atoms with Crippen LogP contribution in [-0.2, 0) is 19.1 Å². The summed E-state index contributed by atoms with van der Waals surface area (Å²) in [5, 5.41) is 0. The Morgan fingerprint density at radius 3 is 0.758 bits per heavy atom. The second-order valence-corrected chi connectivity index (χ2v) is 12.6. The minimum absolute atomic E-state index is 0.0641. The predicted molar refractivity (Wildman–Crippen MR) is 142 cm³/mol. The Hall–Kier alpha value is -3.96. The van der Waals surface area contributed by atoms with E-state index in [9.17, 15) is 159 Å². The lowest BCUT2D eigenvalue weighted by molar-refractivity contribution is -0.463. The van der Waals surface area contributed by atoms with Crippen molar-refractivity contribution < 1.29 is 168 Å². The van der Waals surface area contributed by atoms with Crippen molar-refractivity contribution in [2.45, 2.75) is 128 Å². The standard InChI is InChI=1S/C15H11F17O2.C13H7F17O2/c1-4-7(33)34-6(3)5(2)8(16,17)9(18,19)10(20,21)11(22,23)12(24,25)13(26,27)14(28,29)15(30,31)32;1-3-5(31)32-4(2)6(14,15)7(16,17)8(18,19)9(20,21)10(22,23)11(24,25)12(26,27)13(28,29)30/h4-6H,1H2,2-3H3;3-4H,1H2,2H3. The van der Waals surface area contributed by atoms with Crippen molar-refractivity contribution >= 4 is 11.9 Å². The predicted octanol–water partition coefficient (Wildman–Crippen LogP) is 12.9. The minimum atomic E-state index is -8.71. The van der Waals surface area contributed by atoms with Crippen molar-refractivity contribution in [3.63, 3.8) is 0 Å². The molecule has 0 aliphatic rings. The van der Waals surface area contributed by atoms with Crippen molar-refractivity contribution in [1.82, 2.24) is 0 Å². The molecule has 0 radical (unpaired) electrons. The maximum Gasteiger partial charge on any atom is 0.460 e. The van der Waals surface area contributed by atoms with E-state index in [4.69, 9.17) is 0 Å². The van der Waals surface area contributed by atoms with Crippen molar-refractivity contribution in [2.75, 3.05) is 0 Å². The summed E-state index contributed by atoms with van der Waals surface area (Å²) in [5.41, 5.74) is 0. The van der Waals surface area contributed by atoms with Crippen LogP contribution in [0.3, 0.4) is 0 Å². The van der Waals surface area contributed by atoms with Crippen LogP contribution in [0, 0.1) is 5.92 Å². The number of carbonyl (C=O) groups excluding carboxylic acids is 2. The van der Waals surface area contributed by atoms with E-state index >= 15 is 0 Å². The molecule has 0 aliphatic carbocycles. The maximum absolute atomic E-state index is 14.0. The van der Waals surface area contributed by atoms with Gasteiger partial charge in [0.25, 0.3) is 0 Å². The summed E-state index contributed by atoms with van der Waals surface area (Å²) in [6.07, 6.45) is -22.0. The second kappa shape index (κ2) is 17.8. The van der Waals surface area contributed by atoms with E-state index in [2.05, 4.69) is 22.6 Å². The van der Waals surface area contributed by atoms with E-state index in [-0.39, 0.29) is 26.0 Å². The third-order valence-corrected chi connectivity index (χ3v) is 8.21. The molecule has 0 saturated heterocycles. The Labute approximate surface area is 340 Å². The highest BCUT2D eigenvalue weighted by Gasteiger charge is 2.97. The molecule has 392 valence electrons. The van der Waals surface area contributed by atoms with E-state index in [0.29, 0.717) is 0 Å². The first kappa shape index (κ1) is 64.1. The number of hydrogen-bond acceptors (Lipinski definition) is 4. The number of ether oxygens (including phenoxy) is 2. The number of alkyl halides is 34. The zero-order chi connectivity index (χ0) is 54.7. The summed E-state index contributed by atoms with van der Waals surface area (Å²) < 4.78 is 453. The highest BCUT2D eigenvalue weighted by molar-refractivity contribution is 5.81. The molecule has 0 aromatic heterocycles. The SMILES string of the molecule is C=CC(=O)OC(C)C(C)C(F)(F)C(F)(F)C(F)(F)C(F)(F)C(F)(F)C(F)(F)C(F)(F)C(F)(F)F.C=CC(=O)OC(C)C(F)(F)C(F)(F)C(F)(F)C(F)(F)C(F)(F)C(F)(F)C(F)(F)C(F)(F)F. The van der Waals surface area contributed by atoms with Gasteiger partial charge in [-0.05, 0) is 13.8 Å². The van der Waals surface area contributed by atoms with Crippen LogP contribution in [0.4, 0.5) is 149 Å². The summed E-state index contributed by atoms with van der Waals surface area (Å²) in [7, 11) is 0. The lowest BCUT2D eigenvalue weighted by atomic mass is 9.84. The first-order valence-electron chi connectivity index (χ1n) is 15.2. The Morgan fingerprint density at radius 2 is 0.530 bits per heavy atom. The first-order valence-corrected chi connectivity index (χ1v) is 15.2. The Kier molecular flexibility index (Phi) is 17.3. The molecule has 66 heavy (non-hydrogen) atoms. The maximum atomic E-state index is 14.0. The van der Waals surface area contributed by atoms with Crippen LogP contribution in [0.5, 0.6) is 0 Å². The molecule has 0 heterocycles. The quantitative estimate of drug-likeness (QED) is 0.0735. The molecule has 0 aliphatic heterocycles. The number of carbonyl (C=O) groups is 2. The fourth-order valence-electron chi connectivity index (χ4n) is 3.82. The average Bonchev–Trinajstić information content (AvgIpc) is 3.12. The summed E-state index contributed by atoms with van der Waals surface area (Å²) >= 11 is 0. The Balaban J connectivity index is 0. The number of hydrogen-bond donors (Lipinski definition) is 0. The van der Waals surface area contributed by atoms with Crippen molar-refractivity contribution in [3.8, 4) is 0 Å². The molecule has 0 amide bonds. The van der Waals surface area contributed by atoms with Gasteiger partial charge in [-0.2, -0.15) is 149 Å². The topological polar surface area (TPSA) is 52.6 Å². The van der Waals surface area contributed by atoms with Crippen LogP contribution in [0.2, 0.25) is 0 Å². The average molecular weight is 1060 g/mol. The smallest absolute Gasteiger partial charge is 0.459 e. The summed E-state index contributed by atoms with van der Waals surface area (Å²) in [4.78, 5) is 21.6. The molecule has 0 N–H and O–H groups in total. The molecule has 0 rings (SSSR count). The van der Waals surface area contributed by atoms with Crippen LogP contribution < -0.4 is 0 Å². The van der Waals surface area contributed by atoms with E-state index in [1.165, 1.54) is 0 Å². The molecule has 3 atom stereocenters. The van der Waals surface area contributed by atoms with Crippen molar-refractivity contribution in [3.05, 3.63) is 25.3 Å². The highest BCUT2D eigenvalue weighted by atomic mass is 19.4. The number of rotatable bonds is 19. The number of esters is 2. The van der Waals surface area contributed by atoms with Gasteiger partial charge in [0.2, 0.25) is 0 Å². The van der Waals surface area contributed by atoms with Gasteiger partial charge in [-0.3, -0.25) is 0 Å². The van der Waals surface area contributed by atoms with Crippen LogP contribution in [0.15, 0.2) is 25.3 Å². The molecule has 4 nitrogen and oxygen atoms in total. The largest absolute Gasteiger partial charge is 0.460 e. The van der Waals surface area contributed by atoms with Crippen LogP contribution in [0.1, 0.15) is 20.8 Å². The van der Waals surface area contributed by atoms with Gasteiger partial charge >= 0.3 is 107 Å².